The summed E-state index contributed by atoms with van der Waals surface area (Å²) in [5.74, 6) is 0. The molecule has 1 aromatic rings. The van der Waals surface area contributed by atoms with E-state index in [0.29, 0.717) is 0 Å². The van der Waals surface area contributed by atoms with Crippen LogP contribution in [0, 0.1) is 6.92 Å². The molecule has 0 aliphatic rings. The summed E-state index contributed by atoms with van der Waals surface area (Å²) in [5.41, 5.74) is 1.87. The number of aliphatic imine (C=N–C) groups is 1. The first-order chi connectivity index (χ1) is 5.24. The molecular weight excluding hydrogens is 204 g/mol. The highest BCUT2D eigenvalue weighted by Crippen LogP contribution is 2.20. The van der Waals surface area contributed by atoms with Gasteiger partial charge in [0.15, 0.2) is 0 Å². The van der Waals surface area contributed by atoms with Crippen LogP contribution in [0.3, 0.4) is 0 Å². The second kappa shape index (κ2) is 3.62. The van der Waals surface area contributed by atoms with Gasteiger partial charge in [-0.15, -0.1) is 0 Å². The number of hydrogen-bond donors (Lipinski definition) is 0. The fourth-order valence-electron chi connectivity index (χ4n) is 0.767. The van der Waals surface area contributed by atoms with Crippen LogP contribution in [0.5, 0.6) is 0 Å². The summed E-state index contributed by atoms with van der Waals surface area (Å²) in [5, 5.41) is 0. The van der Waals surface area contributed by atoms with E-state index in [-0.39, 0.29) is 0 Å². The molecule has 0 aliphatic carbocycles. The van der Waals surface area contributed by atoms with Crippen molar-refractivity contribution in [1.29, 1.82) is 0 Å². The van der Waals surface area contributed by atoms with Crippen LogP contribution in [0.2, 0.25) is 0 Å². The Morgan fingerprint density at radius 1 is 1.64 bits per heavy atom. The molecule has 0 amide bonds. The number of nitrogens with zero attached hydrogens (tertiary/aromatic N) is 2. The van der Waals surface area contributed by atoms with E-state index in [9.17, 15) is 0 Å². The van der Waals surface area contributed by atoms with Gasteiger partial charge < -0.3 is 0 Å². The summed E-state index contributed by atoms with van der Waals surface area (Å²) in [6, 6.07) is 1.95. The molecule has 1 aromatic heterocycles. The van der Waals surface area contributed by atoms with Crippen LogP contribution in [0.1, 0.15) is 12.6 Å². The molecule has 3 heteroatoms. The minimum absolute atomic E-state index is 0.918. The Morgan fingerprint density at radius 2 is 2.36 bits per heavy atom. The van der Waals surface area contributed by atoms with Crippen LogP contribution in [-0.2, 0) is 0 Å². The third-order valence-corrected chi connectivity index (χ3v) is 1.73. The average Bonchev–Trinajstić information content (AvgIpc) is 1.98. The minimum atomic E-state index is 0.918. The van der Waals surface area contributed by atoms with Crippen LogP contribution in [0.4, 0.5) is 5.69 Å². The summed E-state index contributed by atoms with van der Waals surface area (Å²) in [6.07, 6.45) is 3.53. The molecule has 0 N–H and O–H groups in total. The van der Waals surface area contributed by atoms with Gasteiger partial charge in [-0.05, 0) is 35.8 Å². The van der Waals surface area contributed by atoms with E-state index < -0.39 is 0 Å². The quantitative estimate of drug-likeness (QED) is 0.658. The van der Waals surface area contributed by atoms with E-state index >= 15 is 0 Å². The molecule has 0 saturated carbocycles. The van der Waals surface area contributed by atoms with E-state index in [0.717, 1.165) is 15.9 Å². The largest absolute Gasteiger partial charge is 0.260 e. The summed E-state index contributed by atoms with van der Waals surface area (Å²) in [4.78, 5) is 8.29. The lowest BCUT2D eigenvalue weighted by Crippen LogP contribution is -1.80. The van der Waals surface area contributed by atoms with Crippen molar-refractivity contribution in [1.82, 2.24) is 4.98 Å². The van der Waals surface area contributed by atoms with E-state index in [1.807, 2.05) is 19.9 Å². The van der Waals surface area contributed by atoms with Crippen molar-refractivity contribution in [3.63, 3.8) is 0 Å². The number of hydrogen-bond acceptors (Lipinski definition) is 2. The Balaban J connectivity index is 3.12. The van der Waals surface area contributed by atoms with Crippen molar-refractivity contribution in [3.8, 4) is 0 Å². The molecule has 0 aliphatic heterocycles. The van der Waals surface area contributed by atoms with Crippen molar-refractivity contribution in [2.24, 2.45) is 4.99 Å². The lowest BCUT2D eigenvalue weighted by molar-refractivity contribution is 1.18. The van der Waals surface area contributed by atoms with E-state index in [2.05, 4.69) is 25.9 Å². The van der Waals surface area contributed by atoms with E-state index in [4.69, 9.17) is 0 Å². The molecule has 1 rings (SSSR count). The van der Waals surface area contributed by atoms with Gasteiger partial charge >= 0.3 is 0 Å². The first kappa shape index (κ1) is 8.40. The van der Waals surface area contributed by atoms with Crippen molar-refractivity contribution >= 4 is 27.8 Å². The maximum atomic E-state index is 4.15. The lowest BCUT2D eigenvalue weighted by Gasteiger charge is -1.97. The molecule has 0 saturated heterocycles. The Kier molecular flexibility index (Phi) is 2.76. The highest BCUT2D eigenvalue weighted by Gasteiger charge is 1.96. The van der Waals surface area contributed by atoms with Crippen LogP contribution in [0.15, 0.2) is 21.7 Å². The SMILES string of the molecule is C/C=N\c1cc(Br)cnc1C. The van der Waals surface area contributed by atoms with Crippen LogP contribution in [-0.4, -0.2) is 11.2 Å². The Morgan fingerprint density at radius 3 is 3.00 bits per heavy atom. The highest BCUT2D eigenvalue weighted by atomic mass is 79.9. The normalized spacial score (nSPS) is 10.8. The van der Waals surface area contributed by atoms with Gasteiger partial charge in [-0.2, -0.15) is 0 Å². The zero-order valence-electron chi connectivity index (χ0n) is 6.50. The van der Waals surface area contributed by atoms with Crippen LogP contribution in [0.25, 0.3) is 0 Å². The number of pyridine rings is 1. The lowest BCUT2D eigenvalue weighted by atomic mass is 10.3. The summed E-state index contributed by atoms with van der Waals surface area (Å²) < 4.78 is 0.962. The van der Waals surface area contributed by atoms with Crippen LogP contribution >= 0.6 is 15.9 Å². The monoisotopic (exact) mass is 212 g/mol. The molecule has 0 bridgehead atoms. The van der Waals surface area contributed by atoms with Gasteiger partial charge in [0.05, 0.1) is 11.4 Å². The summed E-state index contributed by atoms with van der Waals surface area (Å²) in [7, 11) is 0. The fourth-order valence-corrected chi connectivity index (χ4v) is 1.09. The number of rotatable bonds is 1. The van der Waals surface area contributed by atoms with Gasteiger partial charge in [0.25, 0.3) is 0 Å². The predicted octanol–water partition coefficient (Wildman–Crippen LogP) is 2.87. The molecule has 0 fully saturated rings. The van der Waals surface area contributed by atoms with E-state index in [1.54, 1.807) is 12.4 Å². The molecule has 0 spiro atoms. The van der Waals surface area contributed by atoms with Gasteiger partial charge in [0.2, 0.25) is 0 Å². The van der Waals surface area contributed by atoms with Crippen LogP contribution < -0.4 is 0 Å². The maximum Gasteiger partial charge on any atom is 0.0849 e. The Bertz CT molecular complexity index is 281. The maximum absolute atomic E-state index is 4.15. The molecule has 1 heterocycles. The molecule has 0 unspecified atom stereocenters. The minimum Gasteiger partial charge on any atom is -0.260 e. The molecule has 58 valence electrons. The zero-order chi connectivity index (χ0) is 8.27. The van der Waals surface area contributed by atoms with Crippen molar-refractivity contribution in [2.75, 3.05) is 0 Å². The third-order valence-electron chi connectivity index (χ3n) is 1.30. The smallest absolute Gasteiger partial charge is 0.0849 e. The average molecular weight is 213 g/mol. The standard InChI is InChI=1S/C8H9BrN2/c1-3-10-8-4-7(9)5-11-6(8)2/h3-5H,1-2H3/b10-3-. The molecule has 2 nitrogen and oxygen atoms in total. The van der Waals surface area contributed by atoms with Gasteiger partial charge in [-0.1, -0.05) is 0 Å². The summed E-state index contributed by atoms with van der Waals surface area (Å²) in [6.45, 7) is 3.83. The third kappa shape index (κ3) is 2.12. The van der Waals surface area contributed by atoms with Crippen molar-refractivity contribution < 1.29 is 0 Å². The first-order valence-electron chi connectivity index (χ1n) is 3.35. The first-order valence-corrected chi connectivity index (χ1v) is 4.14. The molecule has 11 heavy (non-hydrogen) atoms. The fraction of sp³-hybridized carbons (Fsp3) is 0.250. The van der Waals surface area contributed by atoms with Gasteiger partial charge in [-0.25, -0.2) is 0 Å². The molecule has 0 radical (unpaired) electrons. The molecule has 0 atom stereocenters. The second-order valence-corrected chi connectivity index (χ2v) is 3.06. The van der Waals surface area contributed by atoms with E-state index in [1.165, 1.54) is 0 Å². The second-order valence-electron chi connectivity index (χ2n) is 2.15. The Labute approximate surface area is 74.5 Å². The van der Waals surface area contributed by atoms with Crippen molar-refractivity contribution in [3.05, 3.63) is 22.4 Å². The molecular formula is C8H9BrN2. The number of aromatic nitrogens is 1. The van der Waals surface area contributed by atoms with Crippen molar-refractivity contribution in [2.45, 2.75) is 13.8 Å². The summed E-state index contributed by atoms with van der Waals surface area (Å²) >= 11 is 3.33. The number of aryl methyl sites for hydroxylation is 1. The predicted molar refractivity (Wildman–Crippen MR) is 50.5 cm³/mol. The van der Waals surface area contributed by atoms with Gasteiger partial charge in [-0.3, -0.25) is 9.98 Å². The van der Waals surface area contributed by atoms with Gasteiger partial charge in [0.1, 0.15) is 0 Å². The number of halogens is 1. The Hall–Kier alpha value is -0.700. The van der Waals surface area contributed by atoms with Gasteiger partial charge in [0, 0.05) is 16.9 Å². The zero-order valence-corrected chi connectivity index (χ0v) is 8.09. The topological polar surface area (TPSA) is 25.2 Å². The highest BCUT2D eigenvalue weighted by molar-refractivity contribution is 9.10. The molecule has 0 aromatic carbocycles.